The number of rotatable bonds is 3. The van der Waals surface area contributed by atoms with E-state index in [1.807, 2.05) is 6.33 Å². The molecule has 4 rings (SSSR count). The summed E-state index contributed by atoms with van der Waals surface area (Å²) in [6.45, 7) is 5.15. The van der Waals surface area contributed by atoms with Crippen molar-refractivity contribution in [1.82, 2.24) is 14.5 Å². The van der Waals surface area contributed by atoms with Gasteiger partial charge in [-0.2, -0.15) is 0 Å². The molecule has 0 N–H and O–H groups in total. The lowest BCUT2D eigenvalue weighted by molar-refractivity contribution is 0.240. The Kier molecular flexibility index (Phi) is 3.72. The second-order valence-electron chi connectivity index (χ2n) is 6.29. The minimum absolute atomic E-state index is 0.934. The molecular formula is C20H21N3. The molecule has 0 saturated carbocycles. The van der Waals surface area contributed by atoms with Crippen LogP contribution in [0.3, 0.4) is 0 Å². The van der Waals surface area contributed by atoms with Crippen LogP contribution in [0.15, 0.2) is 60.9 Å². The van der Waals surface area contributed by atoms with Gasteiger partial charge in [0.15, 0.2) is 0 Å². The van der Waals surface area contributed by atoms with E-state index in [1.165, 1.54) is 28.2 Å². The maximum Gasteiger partial charge on any atom is 0.0998 e. The fourth-order valence-electron chi connectivity index (χ4n) is 3.34. The van der Waals surface area contributed by atoms with Crippen molar-refractivity contribution in [2.24, 2.45) is 0 Å². The number of aryl methyl sites for hydroxylation is 1. The summed E-state index contributed by atoms with van der Waals surface area (Å²) in [7, 11) is 0. The molecule has 3 heteroatoms. The van der Waals surface area contributed by atoms with Crippen molar-refractivity contribution in [1.29, 1.82) is 0 Å². The predicted octanol–water partition coefficient (Wildman–Crippen LogP) is 3.74. The first-order chi connectivity index (χ1) is 11.3. The molecule has 2 heterocycles. The van der Waals surface area contributed by atoms with Crippen LogP contribution in [-0.2, 0) is 19.5 Å². The van der Waals surface area contributed by atoms with E-state index in [0.717, 1.165) is 26.1 Å². The first-order valence-electron chi connectivity index (χ1n) is 8.18. The third-order valence-electron chi connectivity index (χ3n) is 4.52. The van der Waals surface area contributed by atoms with Gasteiger partial charge >= 0.3 is 0 Å². The van der Waals surface area contributed by atoms with Gasteiger partial charge in [0.2, 0.25) is 0 Å². The van der Waals surface area contributed by atoms with Crippen molar-refractivity contribution >= 4 is 0 Å². The lowest BCUT2D eigenvalue weighted by Crippen LogP contribution is -2.30. The molecule has 0 amide bonds. The zero-order valence-electron chi connectivity index (χ0n) is 13.4. The molecule has 1 aliphatic rings. The summed E-state index contributed by atoms with van der Waals surface area (Å²) in [6.07, 6.45) is 3.03. The smallest absolute Gasteiger partial charge is 0.0998 e. The molecule has 23 heavy (non-hydrogen) atoms. The summed E-state index contributed by atoms with van der Waals surface area (Å²) < 4.78 is 2.25. The first kappa shape index (κ1) is 14.2. The Morgan fingerprint density at radius 3 is 2.74 bits per heavy atom. The fourth-order valence-corrected chi connectivity index (χ4v) is 3.34. The van der Waals surface area contributed by atoms with Gasteiger partial charge < -0.3 is 4.57 Å². The molecule has 0 saturated heterocycles. The Hall–Kier alpha value is -2.39. The van der Waals surface area contributed by atoms with Gasteiger partial charge in [-0.1, -0.05) is 42.5 Å². The average molecular weight is 303 g/mol. The van der Waals surface area contributed by atoms with Crippen LogP contribution in [-0.4, -0.2) is 21.0 Å². The Balaban J connectivity index is 1.55. The van der Waals surface area contributed by atoms with Gasteiger partial charge in [0.1, 0.15) is 0 Å². The Morgan fingerprint density at radius 2 is 1.91 bits per heavy atom. The molecule has 3 aromatic rings. The topological polar surface area (TPSA) is 21.1 Å². The summed E-state index contributed by atoms with van der Waals surface area (Å²) in [5.41, 5.74) is 6.45. The molecule has 2 aromatic carbocycles. The van der Waals surface area contributed by atoms with Gasteiger partial charge in [0.05, 0.1) is 12.0 Å². The van der Waals surface area contributed by atoms with Crippen LogP contribution in [0.5, 0.6) is 0 Å². The van der Waals surface area contributed by atoms with Crippen molar-refractivity contribution < 1.29 is 0 Å². The third kappa shape index (κ3) is 2.92. The van der Waals surface area contributed by atoms with Crippen LogP contribution in [0, 0.1) is 6.92 Å². The fraction of sp³-hybridized carbons (Fsp3) is 0.250. The summed E-state index contributed by atoms with van der Waals surface area (Å²) in [5, 5.41) is 0. The third-order valence-corrected chi connectivity index (χ3v) is 4.52. The molecule has 0 atom stereocenters. The van der Waals surface area contributed by atoms with E-state index in [0.29, 0.717) is 0 Å². The molecule has 1 aromatic heterocycles. The molecule has 116 valence electrons. The summed E-state index contributed by atoms with van der Waals surface area (Å²) >= 11 is 0. The van der Waals surface area contributed by atoms with Gasteiger partial charge in [-0.3, -0.25) is 4.90 Å². The molecule has 0 fully saturated rings. The maximum absolute atomic E-state index is 4.68. The summed E-state index contributed by atoms with van der Waals surface area (Å²) in [4.78, 5) is 7.15. The highest BCUT2D eigenvalue weighted by atomic mass is 15.2. The van der Waals surface area contributed by atoms with Gasteiger partial charge in [-0.05, 0) is 30.2 Å². The molecule has 1 aliphatic heterocycles. The zero-order chi connectivity index (χ0) is 15.6. The monoisotopic (exact) mass is 303 g/mol. The number of benzene rings is 2. The van der Waals surface area contributed by atoms with Gasteiger partial charge in [-0.15, -0.1) is 0 Å². The van der Waals surface area contributed by atoms with Crippen molar-refractivity contribution in [2.45, 2.75) is 26.4 Å². The Bertz CT molecular complexity index is 805. The quantitative estimate of drug-likeness (QED) is 0.735. The molecule has 0 aliphatic carbocycles. The number of aromatic nitrogens is 2. The zero-order valence-corrected chi connectivity index (χ0v) is 13.4. The highest BCUT2D eigenvalue weighted by Gasteiger charge is 2.21. The van der Waals surface area contributed by atoms with Crippen molar-refractivity contribution in [2.75, 3.05) is 6.54 Å². The SMILES string of the molecule is Cc1cccc(-n2cnc3c2CCN(Cc2ccccc2)C3)c1. The Morgan fingerprint density at radius 1 is 1.04 bits per heavy atom. The molecule has 0 radical (unpaired) electrons. The van der Waals surface area contributed by atoms with E-state index in [4.69, 9.17) is 0 Å². The first-order valence-corrected chi connectivity index (χ1v) is 8.18. The van der Waals surface area contributed by atoms with E-state index >= 15 is 0 Å². The second-order valence-corrected chi connectivity index (χ2v) is 6.29. The van der Waals surface area contributed by atoms with E-state index in [9.17, 15) is 0 Å². The second kappa shape index (κ2) is 6.01. The average Bonchev–Trinajstić information content (AvgIpc) is 2.99. The minimum atomic E-state index is 0.934. The predicted molar refractivity (Wildman–Crippen MR) is 92.6 cm³/mol. The van der Waals surface area contributed by atoms with Gasteiger partial charge in [-0.25, -0.2) is 4.98 Å². The van der Waals surface area contributed by atoms with Crippen LogP contribution in [0.4, 0.5) is 0 Å². The van der Waals surface area contributed by atoms with Crippen LogP contribution in [0.1, 0.15) is 22.5 Å². The number of imidazole rings is 1. The van der Waals surface area contributed by atoms with Crippen molar-refractivity contribution in [3.8, 4) is 5.69 Å². The summed E-state index contributed by atoms with van der Waals surface area (Å²) in [5.74, 6) is 0. The highest BCUT2D eigenvalue weighted by Crippen LogP contribution is 2.23. The number of hydrogen-bond donors (Lipinski definition) is 0. The van der Waals surface area contributed by atoms with Crippen LogP contribution >= 0.6 is 0 Å². The molecular weight excluding hydrogens is 282 g/mol. The van der Waals surface area contributed by atoms with Crippen molar-refractivity contribution in [3.05, 3.63) is 83.4 Å². The van der Waals surface area contributed by atoms with Crippen LogP contribution < -0.4 is 0 Å². The maximum atomic E-state index is 4.68. The van der Waals surface area contributed by atoms with Gasteiger partial charge in [0, 0.05) is 37.4 Å². The lowest BCUT2D eigenvalue weighted by Gasteiger charge is -2.27. The van der Waals surface area contributed by atoms with Crippen LogP contribution in [0.2, 0.25) is 0 Å². The van der Waals surface area contributed by atoms with E-state index < -0.39 is 0 Å². The highest BCUT2D eigenvalue weighted by molar-refractivity contribution is 5.38. The lowest BCUT2D eigenvalue weighted by atomic mass is 10.1. The molecule has 0 bridgehead atoms. The number of hydrogen-bond acceptors (Lipinski definition) is 2. The molecule has 0 spiro atoms. The molecule has 0 unspecified atom stereocenters. The summed E-state index contributed by atoms with van der Waals surface area (Å²) in [6, 6.07) is 19.3. The number of nitrogens with zero attached hydrogens (tertiary/aromatic N) is 3. The van der Waals surface area contributed by atoms with Crippen LogP contribution in [0.25, 0.3) is 5.69 Å². The number of fused-ring (bicyclic) bond motifs is 1. The van der Waals surface area contributed by atoms with E-state index in [1.54, 1.807) is 0 Å². The van der Waals surface area contributed by atoms with E-state index in [-0.39, 0.29) is 0 Å². The largest absolute Gasteiger partial charge is 0.303 e. The molecule has 3 nitrogen and oxygen atoms in total. The minimum Gasteiger partial charge on any atom is -0.303 e. The normalized spacial score (nSPS) is 14.7. The van der Waals surface area contributed by atoms with Gasteiger partial charge in [0.25, 0.3) is 0 Å². The van der Waals surface area contributed by atoms with E-state index in [2.05, 4.69) is 76.0 Å². The van der Waals surface area contributed by atoms with Crippen molar-refractivity contribution in [3.63, 3.8) is 0 Å². The Labute approximate surface area is 137 Å². The standard InChI is InChI=1S/C20H21N3/c1-16-6-5-9-18(12-16)23-15-21-19-14-22(11-10-20(19)23)13-17-7-3-2-4-8-17/h2-9,12,15H,10-11,13-14H2,1H3.